The van der Waals surface area contributed by atoms with Gasteiger partial charge in [0.05, 0.1) is 6.54 Å². The zero-order valence-electron chi connectivity index (χ0n) is 13.2. The fraction of sp³-hybridized carbons (Fsp3) is 0.333. The molecule has 1 aliphatic heterocycles. The van der Waals surface area contributed by atoms with E-state index < -0.39 is 5.54 Å². The molecular weight excluding hydrogens is 324 g/mol. The molecule has 24 heavy (non-hydrogen) atoms. The van der Waals surface area contributed by atoms with Crippen molar-refractivity contribution in [1.82, 2.24) is 10.2 Å². The van der Waals surface area contributed by atoms with Gasteiger partial charge in [-0.3, -0.25) is 9.69 Å². The van der Waals surface area contributed by atoms with Gasteiger partial charge in [-0.25, -0.2) is 4.79 Å². The second-order valence-corrected chi connectivity index (χ2v) is 7.07. The molecule has 0 bridgehead atoms. The normalized spacial score (nSPS) is 22.6. The van der Waals surface area contributed by atoms with Crippen molar-refractivity contribution in [2.24, 2.45) is 0 Å². The van der Waals surface area contributed by atoms with Crippen LogP contribution < -0.4 is 10.1 Å². The number of carbonyl (C=O) groups is 2. The van der Waals surface area contributed by atoms with Crippen LogP contribution in [0.2, 0.25) is 0 Å². The van der Waals surface area contributed by atoms with Crippen molar-refractivity contribution in [2.45, 2.75) is 24.8 Å². The van der Waals surface area contributed by atoms with E-state index in [0.29, 0.717) is 6.42 Å². The Morgan fingerprint density at radius 3 is 2.88 bits per heavy atom. The molecule has 0 radical (unpaired) electrons. The van der Waals surface area contributed by atoms with Gasteiger partial charge in [0.2, 0.25) is 0 Å². The van der Waals surface area contributed by atoms with Gasteiger partial charge in [-0.2, -0.15) is 0 Å². The van der Waals surface area contributed by atoms with Crippen LogP contribution in [0.4, 0.5) is 4.79 Å². The van der Waals surface area contributed by atoms with Crippen molar-refractivity contribution in [1.29, 1.82) is 0 Å². The summed E-state index contributed by atoms with van der Waals surface area (Å²) in [6.07, 6.45) is 2.56. The number of nitrogens with zero attached hydrogens (tertiary/aromatic N) is 1. The van der Waals surface area contributed by atoms with Crippen LogP contribution >= 0.6 is 11.3 Å². The van der Waals surface area contributed by atoms with E-state index in [-0.39, 0.29) is 25.1 Å². The van der Waals surface area contributed by atoms with Crippen LogP contribution in [0, 0.1) is 0 Å². The number of urea groups is 1. The summed E-state index contributed by atoms with van der Waals surface area (Å²) in [5, 5.41) is 4.95. The molecular formula is C18H18N2O3S. The lowest BCUT2D eigenvalue weighted by molar-refractivity contribution is -0.132. The van der Waals surface area contributed by atoms with E-state index in [1.165, 1.54) is 9.78 Å². The van der Waals surface area contributed by atoms with Gasteiger partial charge in [-0.15, -0.1) is 11.3 Å². The fourth-order valence-electron chi connectivity index (χ4n) is 3.52. The largest absolute Gasteiger partial charge is 0.492 e. The quantitative estimate of drug-likeness (QED) is 0.869. The average molecular weight is 342 g/mol. The molecule has 1 aliphatic carbocycles. The molecule has 2 aliphatic rings. The zero-order chi connectivity index (χ0) is 16.6. The van der Waals surface area contributed by atoms with Crippen LogP contribution in [-0.4, -0.2) is 30.0 Å². The Hall–Kier alpha value is -2.34. The van der Waals surface area contributed by atoms with Gasteiger partial charge in [0, 0.05) is 10.4 Å². The molecule has 1 aromatic heterocycles. The summed E-state index contributed by atoms with van der Waals surface area (Å²) < 4.78 is 5.62. The molecule has 1 fully saturated rings. The van der Waals surface area contributed by atoms with E-state index in [0.717, 1.165) is 24.2 Å². The van der Waals surface area contributed by atoms with Crippen molar-refractivity contribution < 1.29 is 14.3 Å². The third-order valence-electron chi connectivity index (χ3n) is 4.66. The summed E-state index contributed by atoms with van der Waals surface area (Å²) >= 11 is 1.66. The van der Waals surface area contributed by atoms with Gasteiger partial charge in [0.15, 0.2) is 0 Å². The lowest BCUT2D eigenvalue weighted by atomic mass is 9.80. The Balaban J connectivity index is 1.49. The van der Waals surface area contributed by atoms with E-state index in [4.69, 9.17) is 4.74 Å². The minimum atomic E-state index is -0.864. The van der Waals surface area contributed by atoms with E-state index in [9.17, 15) is 9.59 Å². The van der Waals surface area contributed by atoms with Crippen molar-refractivity contribution in [3.8, 4) is 5.75 Å². The molecule has 1 spiro atoms. The van der Waals surface area contributed by atoms with Crippen LogP contribution in [0.3, 0.4) is 0 Å². The first-order chi connectivity index (χ1) is 11.7. The first kappa shape index (κ1) is 15.2. The van der Waals surface area contributed by atoms with Crippen LogP contribution in [0.25, 0.3) is 0 Å². The van der Waals surface area contributed by atoms with E-state index in [1.54, 1.807) is 11.3 Å². The molecule has 1 unspecified atom stereocenters. The van der Waals surface area contributed by atoms with Gasteiger partial charge in [0.1, 0.15) is 17.9 Å². The smallest absolute Gasteiger partial charge is 0.325 e. The lowest BCUT2D eigenvalue weighted by Gasteiger charge is -2.31. The summed E-state index contributed by atoms with van der Waals surface area (Å²) in [6.45, 7) is 0.538. The maximum absolute atomic E-state index is 13.0. The van der Waals surface area contributed by atoms with Crippen molar-refractivity contribution in [3.63, 3.8) is 0 Å². The molecule has 1 aromatic carbocycles. The van der Waals surface area contributed by atoms with Gasteiger partial charge in [-0.1, -0.05) is 18.2 Å². The number of aryl methyl sites for hydroxylation is 1. The van der Waals surface area contributed by atoms with Crippen LogP contribution in [0.1, 0.15) is 23.3 Å². The van der Waals surface area contributed by atoms with Gasteiger partial charge < -0.3 is 10.1 Å². The first-order valence-electron chi connectivity index (χ1n) is 8.09. The molecule has 1 N–H and O–H groups in total. The summed E-state index contributed by atoms with van der Waals surface area (Å²) in [6, 6.07) is 11.0. The number of amides is 3. The number of imide groups is 1. The fourth-order valence-corrected chi connectivity index (χ4v) is 4.52. The minimum Gasteiger partial charge on any atom is -0.492 e. The maximum Gasteiger partial charge on any atom is 0.325 e. The summed E-state index contributed by atoms with van der Waals surface area (Å²) in [7, 11) is 0. The Bertz CT molecular complexity index is 774. The number of benzene rings is 1. The third kappa shape index (κ3) is 2.38. The Labute approximate surface area is 144 Å². The number of carbonyl (C=O) groups excluding carboxylic acids is 2. The number of ether oxygens (including phenoxy) is 1. The predicted molar refractivity (Wildman–Crippen MR) is 91.1 cm³/mol. The van der Waals surface area contributed by atoms with Crippen LogP contribution in [-0.2, 0) is 16.8 Å². The maximum atomic E-state index is 13.0. The second kappa shape index (κ2) is 5.94. The predicted octanol–water partition coefficient (Wildman–Crippen LogP) is 2.91. The van der Waals surface area contributed by atoms with Gasteiger partial charge >= 0.3 is 6.03 Å². The van der Waals surface area contributed by atoms with Crippen molar-refractivity contribution >= 4 is 23.3 Å². The van der Waals surface area contributed by atoms with Crippen molar-refractivity contribution in [3.05, 3.63) is 52.2 Å². The van der Waals surface area contributed by atoms with Crippen LogP contribution in [0.5, 0.6) is 5.75 Å². The van der Waals surface area contributed by atoms with E-state index >= 15 is 0 Å². The lowest BCUT2D eigenvalue weighted by Crippen LogP contribution is -2.46. The highest BCUT2D eigenvalue weighted by Crippen LogP contribution is 2.41. The number of hydrogen-bond donors (Lipinski definition) is 1. The average Bonchev–Trinajstić information content (AvgIpc) is 3.16. The third-order valence-corrected chi connectivity index (χ3v) is 5.64. The summed E-state index contributed by atoms with van der Waals surface area (Å²) in [5.74, 6) is 0.584. The number of para-hydroxylation sites is 1. The van der Waals surface area contributed by atoms with Gasteiger partial charge in [0.25, 0.3) is 5.91 Å². The number of rotatable bonds is 4. The molecule has 3 amide bonds. The van der Waals surface area contributed by atoms with Crippen LogP contribution in [0.15, 0.2) is 41.8 Å². The molecule has 4 rings (SSSR count). The minimum absolute atomic E-state index is 0.150. The van der Waals surface area contributed by atoms with E-state index in [1.807, 2.05) is 41.8 Å². The Kier molecular flexibility index (Phi) is 3.76. The number of nitrogens with one attached hydrogen (secondary N) is 1. The Morgan fingerprint density at radius 1 is 1.21 bits per heavy atom. The zero-order valence-corrected chi connectivity index (χ0v) is 14.0. The summed E-state index contributed by atoms with van der Waals surface area (Å²) in [4.78, 5) is 27.9. The standard InChI is InChI=1S/C18H18N2O3S/c21-16-18(9-4-7-15-14(18)8-12-24-15)19-17(22)20(16)10-11-23-13-5-2-1-3-6-13/h1-3,5-6,8,12H,4,7,9-11H2,(H,19,22). The van der Waals surface area contributed by atoms with E-state index in [2.05, 4.69) is 5.32 Å². The first-order valence-corrected chi connectivity index (χ1v) is 8.97. The SMILES string of the molecule is O=C1NC2(CCCc3sccc32)C(=O)N1CCOc1ccccc1. The molecule has 2 heterocycles. The topological polar surface area (TPSA) is 58.6 Å². The molecule has 0 saturated carbocycles. The molecule has 2 aromatic rings. The monoisotopic (exact) mass is 342 g/mol. The number of fused-ring (bicyclic) bond motifs is 2. The highest BCUT2D eigenvalue weighted by molar-refractivity contribution is 7.10. The highest BCUT2D eigenvalue weighted by atomic mass is 32.1. The Morgan fingerprint density at radius 2 is 2.04 bits per heavy atom. The molecule has 124 valence electrons. The molecule has 5 nitrogen and oxygen atoms in total. The molecule has 1 atom stereocenters. The molecule has 6 heteroatoms. The molecule has 1 saturated heterocycles. The number of thiophene rings is 1. The summed E-state index contributed by atoms with van der Waals surface area (Å²) in [5.41, 5.74) is 0.112. The highest BCUT2D eigenvalue weighted by Gasteiger charge is 2.54. The van der Waals surface area contributed by atoms with Crippen molar-refractivity contribution in [2.75, 3.05) is 13.2 Å². The number of hydrogen-bond acceptors (Lipinski definition) is 4. The van der Waals surface area contributed by atoms with Gasteiger partial charge in [-0.05, 0) is 42.8 Å². The second-order valence-electron chi connectivity index (χ2n) is 6.06.